The monoisotopic (exact) mass is 266 g/mol. The largest absolute Gasteiger partial charge is 0.463 e. The van der Waals surface area contributed by atoms with Crippen LogP contribution in [0.5, 0.6) is 0 Å². The lowest BCUT2D eigenvalue weighted by Gasteiger charge is -2.28. The summed E-state index contributed by atoms with van der Waals surface area (Å²) in [6.45, 7) is 0.870. The topological polar surface area (TPSA) is 134 Å². The van der Waals surface area contributed by atoms with Crippen molar-refractivity contribution in [2.24, 2.45) is 0 Å². The van der Waals surface area contributed by atoms with Crippen molar-refractivity contribution in [3.8, 4) is 0 Å². The summed E-state index contributed by atoms with van der Waals surface area (Å²) in [5.41, 5.74) is 0. The standard InChI is InChI=1S/C10H18O8/c1-5(12)17-4-8(15)9(16)10(7(14)3-11)18-6(2)13/h7-11,14-16H,3-4H2,1-2H3/t7-,8+,9-,10-/m1/s1. The molecule has 0 aliphatic heterocycles. The Labute approximate surface area is 104 Å². The number of ether oxygens (including phenoxy) is 2. The van der Waals surface area contributed by atoms with Crippen molar-refractivity contribution < 1.29 is 39.5 Å². The minimum Gasteiger partial charge on any atom is -0.463 e. The van der Waals surface area contributed by atoms with Crippen LogP contribution in [0.1, 0.15) is 13.8 Å². The summed E-state index contributed by atoms with van der Waals surface area (Å²) < 4.78 is 9.05. The van der Waals surface area contributed by atoms with Gasteiger partial charge in [0.1, 0.15) is 24.9 Å². The van der Waals surface area contributed by atoms with E-state index in [1.54, 1.807) is 0 Å². The molecule has 0 aliphatic rings. The molecule has 0 unspecified atom stereocenters. The lowest BCUT2D eigenvalue weighted by molar-refractivity contribution is -0.177. The molecular weight excluding hydrogens is 248 g/mol. The molecule has 0 aromatic carbocycles. The first-order valence-corrected chi connectivity index (χ1v) is 5.25. The predicted octanol–water partition coefficient (Wildman–Crippen LogP) is -2.44. The maximum Gasteiger partial charge on any atom is 0.303 e. The second-order valence-corrected chi connectivity index (χ2v) is 3.68. The average Bonchev–Trinajstić information content (AvgIpc) is 2.30. The Kier molecular flexibility index (Phi) is 7.44. The lowest BCUT2D eigenvalue weighted by Crippen LogP contribution is -2.49. The van der Waals surface area contributed by atoms with Gasteiger partial charge in [0.25, 0.3) is 0 Å². The fraction of sp³-hybridized carbons (Fsp3) is 0.800. The van der Waals surface area contributed by atoms with Crippen LogP contribution in [0.4, 0.5) is 0 Å². The van der Waals surface area contributed by atoms with Crippen LogP contribution >= 0.6 is 0 Å². The third-order valence-corrected chi connectivity index (χ3v) is 2.06. The number of aliphatic hydroxyl groups is 4. The summed E-state index contributed by atoms with van der Waals surface area (Å²) >= 11 is 0. The van der Waals surface area contributed by atoms with E-state index in [-0.39, 0.29) is 0 Å². The molecule has 0 radical (unpaired) electrons. The van der Waals surface area contributed by atoms with Gasteiger partial charge in [-0.3, -0.25) is 9.59 Å². The van der Waals surface area contributed by atoms with Crippen LogP contribution in [0.3, 0.4) is 0 Å². The normalized spacial score (nSPS) is 17.4. The van der Waals surface area contributed by atoms with Crippen LogP contribution < -0.4 is 0 Å². The van der Waals surface area contributed by atoms with Crippen molar-refractivity contribution in [2.75, 3.05) is 13.2 Å². The van der Waals surface area contributed by atoms with Gasteiger partial charge in [-0.2, -0.15) is 0 Å². The van der Waals surface area contributed by atoms with E-state index < -0.39 is 49.6 Å². The van der Waals surface area contributed by atoms with E-state index in [1.165, 1.54) is 0 Å². The molecule has 8 heteroatoms. The number of carbonyl (C=O) groups is 2. The molecule has 0 aromatic heterocycles. The van der Waals surface area contributed by atoms with Crippen LogP contribution in [0, 0.1) is 0 Å². The van der Waals surface area contributed by atoms with E-state index in [4.69, 9.17) is 5.11 Å². The van der Waals surface area contributed by atoms with Gasteiger partial charge in [-0.15, -0.1) is 0 Å². The molecule has 0 saturated heterocycles. The number of esters is 2. The predicted molar refractivity (Wildman–Crippen MR) is 57.3 cm³/mol. The second-order valence-electron chi connectivity index (χ2n) is 3.68. The summed E-state index contributed by atoms with van der Waals surface area (Å²) in [6.07, 6.45) is -6.33. The molecule has 8 nitrogen and oxygen atoms in total. The number of hydrogen-bond acceptors (Lipinski definition) is 8. The Morgan fingerprint density at radius 2 is 1.61 bits per heavy atom. The van der Waals surface area contributed by atoms with Gasteiger partial charge in [-0.05, 0) is 0 Å². The number of rotatable bonds is 7. The summed E-state index contributed by atoms with van der Waals surface area (Å²) in [7, 11) is 0. The molecule has 0 aromatic rings. The Hall–Kier alpha value is -1.22. The van der Waals surface area contributed by atoms with Crippen molar-refractivity contribution >= 4 is 11.9 Å². The van der Waals surface area contributed by atoms with Crippen molar-refractivity contribution in [3.05, 3.63) is 0 Å². The van der Waals surface area contributed by atoms with E-state index in [2.05, 4.69) is 9.47 Å². The van der Waals surface area contributed by atoms with E-state index in [9.17, 15) is 24.9 Å². The molecule has 0 fully saturated rings. The van der Waals surface area contributed by atoms with Crippen molar-refractivity contribution in [1.82, 2.24) is 0 Å². The van der Waals surface area contributed by atoms with Crippen molar-refractivity contribution in [3.63, 3.8) is 0 Å². The molecule has 4 N–H and O–H groups in total. The maximum atomic E-state index is 10.8. The highest BCUT2D eigenvalue weighted by atomic mass is 16.6. The Bertz CT molecular complexity index is 279. The summed E-state index contributed by atoms with van der Waals surface area (Å²) in [5.74, 6) is -1.46. The Morgan fingerprint density at radius 3 is 2.00 bits per heavy atom. The van der Waals surface area contributed by atoms with Gasteiger partial charge in [-0.1, -0.05) is 0 Å². The zero-order valence-corrected chi connectivity index (χ0v) is 10.1. The van der Waals surface area contributed by atoms with Crippen LogP contribution in [-0.2, 0) is 19.1 Å². The summed E-state index contributed by atoms with van der Waals surface area (Å²) in [4.78, 5) is 21.3. The summed E-state index contributed by atoms with van der Waals surface area (Å²) in [6, 6.07) is 0. The van der Waals surface area contributed by atoms with Gasteiger partial charge < -0.3 is 29.9 Å². The fourth-order valence-corrected chi connectivity index (χ4v) is 1.19. The molecule has 0 spiro atoms. The van der Waals surface area contributed by atoms with E-state index in [1.807, 2.05) is 0 Å². The summed E-state index contributed by atoms with van der Waals surface area (Å²) in [5, 5.41) is 37.2. The van der Waals surface area contributed by atoms with Crippen LogP contribution in [0.15, 0.2) is 0 Å². The molecule has 0 aliphatic carbocycles. The quantitative estimate of drug-likeness (QED) is 0.373. The van der Waals surface area contributed by atoms with Crippen molar-refractivity contribution in [2.45, 2.75) is 38.3 Å². The first kappa shape index (κ1) is 16.8. The molecule has 18 heavy (non-hydrogen) atoms. The fourth-order valence-electron chi connectivity index (χ4n) is 1.19. The molecule has 106 valence electrons. The molecule has 0 bridgehead atoms. The first-order chi connectivity index (χ1) is 8.29. The highest BCUT2D eigenvalue weighted by Gasteiger charge is 2.34. The van der Waals surface area contributed by atoms with Gasteiger partial charge in [0.05, 0.1) is 6.61 Å². The second kappa shape index (κ2) is 7.98. The van der Waals surface area contributed by atoms with Gasteiger partial charge in [0, 0.05) is 13.8 Å². The smallest absolute Gasteiger partial charge is 0.303 e. The highest BCUT2D eigenvalue weighted by Crippen LogP contribution is 2.10. The Morgan fingerprint density at radius 1 is 1.06 bits per heavy atom. The SMILES string of the molecule is CC(=O)OC[C@H](O)[C@@H](O)[C@H](OC(C)=O)[C@H](O)CO. The van der Waals surface area contributed by atoms with Gasteiger partial charge in [0.15, 0.2) is 6.10 Å². The number of hydrogen-bond donors (Lipinski definition) is 4. The third kappa shape index (κ3) is 5.92. The molecule has 0 amide bonds. The van der Waals surface area contributed by atoms with Gasteiger partial charge in [0.2, 0.25) is 0 Å². The zero-order valence-electron chi connectivity index (χ0n) is 10.1. The maximum absolute atomic E-state index is 10.8. The van der Waals surface area contributed by atoms with Gasteiger partial charge >= 0.3 is 11.9 Å². The van der Waals surface area contributed by atoms with E-state index >= 15 is 0 Å². The average molecular weight is 266 g/mol. The van der Waals surface area contributed by atoms with E-state index in [0.717, 1.165) is 13.8 Å². The molecular formula is C10H18O8. The highest BCUT2D eigenvalue weighted by molar-refractivity contribution is 5.66. The lowest BCUT2D eigenvalue weighted by atomic mass is 10.0. The van der Waals surface area contributed by atoms with Crippen LogP contribution in [0.25, 0.3) is 0 Å². The van der Waals surface area contributed by atoms with Crippen molar-refractivity contribution in [1.29, 1.82) is 0 Å². The molecule has 4 atom stereocenters. The molecule has 0 rings (SSSR count). The minimum absolute atomic E-state index is 0.521. The third-order valence-electron chi connectivity index (χ3n) is 2.06. The minimum atomic E-state index is -1.70. The molecule has 0 saturated carbocycles. The van der Waals surface area contributed by atoms with E-state index in [0.29, 0.717) is 0 Å². The number of aliphatic hydroxyl groups excluding tert-OH is 4. The van der Waals surface area contributed by atoms with Gasteiger partial charge in [-0.25, -0.2) is 0 Å². The Balaban J connectivity index is 4.56. The zero-order chi connectivity index (χ0) is 14.3. The first-order valence-electron chi connectivity index (χ1n) is 5.25. The molecule has 0 heterocycles. The number of carbonyl (C=O) groups excluding carboxylic acids is 2. The van der Waals surface area contributed by atoms with Crippen LogP contribution in [0.2, 0.25) is 0 Å². The van der Waals surface area contributed by atoms with Crippen LogP contribution in [-0.4, -0.2) is 70.0 Å².